The molecule has 0 heterocycles. The summed E-state index contributed by atoms with van der Waals surface area (Å²) in [7, 11) is 0. The molecule has 0 aromatic carbocycles. The van der Waals surface area contributed by atoms with Gasteiger partial charge in [-0.1, -0.05) is 11.8 Å². The molecule has 0 aliphatic carbocycles. The van der Waals surface area contributed by atoms with E-state index in [1.54, 1.807) is 0 Å². The molecule has 0 fully saturated rings. The Morgan fingerprint density at radius 3 is 2.50 bits per heavy atom. The number of rotatable bonds is 4. The van der Waals surface area contributed by atoms with E-state index in [9.17, 15) is 4.79 Å². The van der Waals surface area contributed by atoms with Gasteiger partial charge in [0.05, 0.1) is 0 Å². The molecule has 2 nitrogen and oxygen atoms in total. The van der Waals surface area contributed by atoms with Crippen molar-refractivity contribution in [2.24, 2.45) is 0 Å². The van der Waals surface area contributed by atoms with E-state index in [0.29, 0.717) is 6.42 Å². The van der Waals surface area contributed by atoms with Gasteiger partial charge in [-0.25, -0.2) is 4.79 Å². The minimum Gasteiger partial charge on any atom is -0.443 e. The Bertz CT molecular complexity index is 304. The first-order chi connectivity index (χ1) is 6.81. The number of ether oxygens (including phenoxy) is 1. The molecule has 0 spiro atoms. The van der Waals surface area contributed by atoms with Crippen LogP contribution in [0.3, 0.4) is 0 Å². The number of hydrogen-bond acceptors (Lipinski definition) is 2. The molecule has 0 N–H and O–H groups in total. The van der Waals surface area contributed by atoms with Gasteiger partial charge in [-0.15, -0.1) is 18.8 Å². The van der Waals surface area contributed by atoms with E-state index in [2.05, 4.69) is 28.4 Å². The standard InChI is InChI=1S/C12H12O2/c1-3-5-6-7-8-9-10-12(13)14-11-4-2/h1-2H,5-8,11H2. The molecule has 0 aromatic heterocycles. The minimum atomic E-state index is -0.570. The Kier molecular flexibility index (Phi) is 8.02. The first kappa shape index (κ1) is 12.2. The predicted octanol–water partition coefficient (Wildman–Crippen LogP) is 1.36. The van der Waals surface area contributed by atoms with Crippen molar-refractivity contribution in [3.8, 4) is 36.5 Å². The van der Waals surface area contributed by atoms with Crippen molar-refractivity contribution in [2.75, 3.05) is 6.61 Å². The number of carbonyl (C=O) groups is 1. The fourth-order valence-corrected chi connectivity index (χ4v) is 0.718. The first-order valence-electron chi connectivity index (χ1n) is 4.33. The molecule has 0 amide bonds. The van der Waals surface area contributed by atoms with Crippen LogP contribution >= 0.6 is 0 Å². The van der Waals surface area contributed by atoms with Crippen LogP contribution in [0, 0.1) is 36.5 Å². The molecule has 0 radical (unpaired) electrons. The average Bonchev–Trinajstić information content (AvgIpc) is 2.20. The minimum absolute atomic E-state index is 0.0232. The second-order valence-corrected chi connectivity index (χ2v) is 2.49. The van der Waals surface area contributed by atoms with Gasteiger partial charge < -0.3 is 4.74 Å². The molecule has 0 aromatic rings. The molecule has 14 heavy (non-hydrogen) atoms. The van der Waals surface area contributed by atoms with Crippen molar-refractivity contribution in [2.45, 2.75) is 25.7 Å². The number of carbonyl (C=O) groups excluding carboxylic acids is 1. The number of esters is 1. The monoisotopic (exact) mass is 188 g/mol. The van der Waals surface area contributed by atoms with Gasteiger partial charge in [0.1, 0.15) is 0 Å². The van der Waals surface area contributed by atoms with Crippen LogP contribution in [0.1, 0.15) is 25.7 Å². The zero-order valence-electron chi connectivity index (χ0n) is 8.01. The normalized spacial score (nSPS) is 7.57. The van der Waals surface area contributed by atoms with Gasteiger partial charge in [-0.3, -0.25) is 0 Å². The maximum atomic E-state index is 10.8. The fourth-order valence-electron chi connectivity index (χ4n) is 0.718. The Balaban J connectivity index is 3.48. The molecule has 0 aliphatic rings. The molecular formula is C12H12O2. The Morgan fingerprint density at radius 2 is 1.86 bits per heavy atom. The summed E-state index contributed by atoms with van der Waals surface area (Å²) in [5.41, 5.74) is 0. The number of unbranched alkanes of at least 4 members (excludes halogenated alkanes) is 3. The lowest BCUT2D eigenvalue weighted by atomic mass is 10.2. The molecule has 2 heteroatoms. The van der Waals surface area contributed by atoms with Crippen LogP contribution in [0.5, 0.6) is 0 Å². The maximum Gasteiger partial charge on any atom is 0.385 e. The highest BCUT2D eigenvalue weighted by molar-refractivity contribution is 5.88. The van der Waals surface area contributed by atoms with Gasteiger partial charge in [0.15, 0.2) is 6.61 Å². The molecule has 0 aliphatic heterocycles. The highest BCUT2D eigenvalue weighted by Crippen LogP contribution is 1.96. The molecule has 0 unspecified atom stereocenters. The zero-order chi connectivity index (χ0) is 10.6. The van der Waals surface area contributed by atoms with Crippen molar-refractivity contribution in [1.29, 1.82) is 0 Å². The summed E-state index contributed by atoms with van der Waals surface area (Å²) >= 11 is 0. The SMILES string of the molecule is C#CCCCCC#CC(=O)OCC#C. The summed E-state index contributed by atoms with van der Waals surface area (Å²) in [6.45, 7) is -0.0232. The van der Waals surface area contributed by atoms with E-state index in [1.165, 1.54) is 0 Å². The van der Waals surface area contributed by atoms with Crippen LogP contribution in [-0.4, -0.2) is 12.6 Å². The second kappa shape index (κ2) is 9.24. The Hall–Kier alpha value is -1.85. The van der Waals surface area contributed by atoms with Crippen LogP contribution in [0.25, 0.3) is 0 Å². The van der Waals surface area contributed by atoms with Crippen LogP contribution in [0.15, 0.2) is 0 Å². The lowest BCUT2D eigenvalue weighted by Gasteiger charge is -1.91. The molecular weight excluding hydrogens is 176 g/mol. The fraction of sp³-hybridized carbons (Fsp3) is 0.417. The topological polar surface area (TPSA) is 26.3 Å². The van der Waals surface area contributed by atoms with Crippen molar-refractivity contribution in [3.05, 3.63) is 0 Å². The number of terminal acetylenes is 2. The predicted molar refractivity (Wildman–Crippen MR) is 54.9 cm³/mol. The van der Waals surface area contributed by atoms with E-state index < -0.39 is 5.97 Å². The third kappa shape index (κ3) is 8.25. The number of hydrogen-bond donors (Lipinski definition) is 0. The molecule has 0 atom stereocenters. The van der Waals surface area contributed by atoms with Crippen LogP contribution in [0.2, 0.25) is 0 Å². The summed E-state index contributed by atoms with van der Waals surface area (Å²) < 4.78 is 4.54. The summed E-state index contributed by atoms with van der Waals surface area (Å²) in [6, 6.07) is 0. The van der Waals surface area contributed by atoms with E-state index >= 15 is 0 Å². The van der Waals surface area contributed by atoms with Gasteiger partial charge in [0.2, 0.25) is 0 Å². The molecule has 0 saturated carbocycles. The van der Waals surface area contributed by atoms with E-state index in [-0.39, 0.29) is 6.61 Å². The summed E-state index contributed by atoms with van der Waals surface area (Å²) in [5, 5.41) is 0. The quantitative estimate of drug-likeness (QED) is 0.288. The highest BCUT2D eigenvalue weighted by atomic mass is 16.5. The highest BCUT2D eigenvalue weighted by Gasteiger charge is 1.92. The van der Waals surface area contributed by atoms with Crippen molar-refractivity contribution in [3.63, 3.8) is 0 Å². The van der Waals surface area contributed by atoms with Crippen LogP contribution < -0.4 is 0 Å². The molecule has 0 saturated heterocycles. The van der Waals surface area contributed by atoms with E-state index in [1.807, 2.05) is 0 Å². The van der Waals surface area contributed by atoms with Gasteiger partial charge in [-0.2, -0.15) is 0 Å². The summed E-state index contributed by atoms with van der Waals surface area (Å²) in [4.78, 5) is 10.8. The van der Waals surface area contributed by atoms with Crippen molar-refractivity contribution in [1.82, 2.24) is 0 Å². The Labute approximate surface area is 85.0 Å². The van der Waals surface area contributed by atoms with Gasteiger partial charge in [-0.05, 0) is 12.8 Å². The van der Waals surface area contributed by atoms with Gasteiger partial charge in [0.25, 0.3) is 0 Å². The second-order valence-electron chi connectivity index (χ2n) is 2.49. The Morgan fingerprint density at radius 1 is 1.14 bits per heavy atom. The lowest BCUT2D eigenvalue weighted by Crippen LogP contribution is -2.00. The zero-order valence-corrected chi connectivity index (χ0v) is 8.01. The summed E-state index contributed by atoms with van der Waals surface area (Å²) in [5.74, 6) is 9.17. The largest absolute Gasteiger partial charge is 0.443 e. The maximum absolute atomic E-state index is 10.8. The molecule has 0 rings (SSSR count). The smallest absolute Gasteiger partial charge is 0.385 e. The average molecular weight is 188 g/mol. The van der Waals surface area contributed by atoms with Crippen molar-refractivity contribution < 1.29 is 9.53 Å². The van der Waals surface area contributed by atoms with Gasteiger partial charge in [0, 0.05) is 18.8 Å². The third-order valence-corrected chi connectivity index (χ3v) is 1.35. The van der Waals surface area contributed by atoms with Gasteiger partial charge >= 0.3 is 5.97 Å². The van der Waals surface area contributed by atoms with Crippen LogP contribution in [0.4, 0.5) is 0 Å². The lowest BCUT2D eigenvalue weighted by molar-refractivity contribution is -0.135. The van der Waals surface area contributed by atoms with E-state index in [0.717, 1.165) is 19.3 Å². The summed E-state index contributed by atoms with van der Waals surface area (Å²) in [6.07, 6.45) is 13.2. The van der Waals surface area contributed by atoms with E-state index in [4.69, 9.17) is 12.8 Å². The first-order valence-corrected chi connectivity index (χ1v) is 4.33. The van der Waals surface area contributed by atoms with Crippen molar-refractivity contribution >= 4 is 5.97 Å². The third-order valence-electron chi connectivity index (χ3n) is 1.35. The molecule has 72 valence electrons. The molecule has 0 bridgehead atoms. The van der Waals surface area contributed by atoms with Crippen LogP contribution in [-0.2, 0) is 9.53 Å².